The Balaban J connectivity index is 0.00000338. The number of halogens is 1. The van der Waals surface area contributed by atoms with E-state index in [4.69, 9.17) is 4.74 Å². The van der Waals surface area contributed by atoms with E-state index in [-0.39, 0.29) is 41.7 Å². The van der Waals surface area contributed by atoms with E-state index in [9.17, 15) is 0 Å². The zero-order chi connectivity index (χ0) is 18.4. The normalized spacial score (nSPS) is 23.2. The van der Waals surface area contributed by atoms with E-state index in [0.717, 1.165) is 32.1 Å². The van der Waals surface area contributed by atoms with Crippen LogP contribution >= 0.6 is 35.3 Å². The van der Waals surface area contributed by atoms with Crippen LogP contribution in [0.5, 0.6) is 0 Å². The lowest BCUT2D eigenvalue weighted by Gasteiger charge is -2.45. The highest BCUT2D eigenvalue weighted by Gasteiger charge is 2.33. The quantitative estimate of drug-likeness (QED) is 0.361. The highest BCUT2D eigenvalue weighted by Crippen LogP contribution is 2.21. The zero-order valence-corrected chi connectivity index (χ0v) is 20.1. The van der Waals surface area contributed by atoms with Crippen molar-refractivity contribution in [1.29, 1.82) is 0 Å². The van der Waals surface area contributed by atoms with E-state index in [2.05, 4.69) is 72.7 Å². The summed E-state index contributed by atoms with van der Waals surface area (Å²) in [5.41, 5.74) is 0.0449. The second-order valence-corrected chi connectivity index (χ2v) is 8.68. The van der Waals surface area contributed by atoms with Crippen molar-refractivity contribution >= 4 is 41.3 Å². The van der Waals surface area contributed by atoms with Crippen LogP contribution in [0, 0.1) is 0 Å². The van der Waals surface area contributed by atoms with Gasteiger partial charge >= 0.3 is 0 Å². The molecule has 0 radical (unpaired) electrons. The molecule has 2 rings (SSSR count). The molecule has 5 nitrogen and oxygen atoms in total. The van der Waals surface area contributed by atoms with Gasteiger partial charge in [0, 0.05) is 49.6 Å². The SMILES string of the molecule is CN=C(NCC(C)c1cccs1)NCC(C)(C)N1CC(C)OC(C)C1.I. The number of ether oxygens (including phenoxy) is 1. The molecule has 3 unspecified atom stereocenters. The molecule has 1 aliphatic heterocycles. The fourth-order valence-electron chi connectivity index (χ4n) is 3.23. The summed E-state index contributed by atoms with van der Waals surface area (Å²) in [6.45, 7) is 14.8. The van der Waals surface area contributed by atoms with Gasteiger partial charge in [-0.2, -0.15) is 0 Å². The summed E-state index contributed by atoms with van der Waals surface area (Å²) in [7, 11) is 1.83. The topological polar surface area (TPSA) is 48.9 Å². The Morgan fingerprint density at radius 1 is 1.35 bits per heavy atom. The molecule has 1 aromatic rings. The molecule has 1 aromatic heterocycles. The number of thiophene rings is 1. The van der Waals surface area contributed by atoms with E-state index in [1.165, 1.54) is 4.88 Å². The highest BCUT2D eigenvalue weighted by atomic mass is 127. The van der Waals surface area contributed by atoms with Crippen molar-refractivity contribution in [2.24, 2.45) is 4.99 Å². The number of hydrogen-bond donors (Lipinski definition) is 2. The van der Waals surface area contributed by atoms with E-state index >= 15 is 0 Å². The number of hydrogen-bond acceptors (Lipinski definition) is 4. The van der Waals surface area contributed by atoms with Crippen LogP contribution in [-0.4, -0.2) is 61.8 Å². The van der Waals surface area contributed by atoms with Gasteiger partial charge in [-0.15, -0.1) is 35.3 Å². The van der Waals surface area contributed by atoms with Crippen LogP contribution in [0.2, 0.25) is 0 Å². The predicted molar refractivity (Wildman–Crippen MR) is 123 cm³/mol. The summed E-state index contributed by atoms with van der Waals surface area (Å²) in [5.74, 6) is 1.35. The smallest absolute Gasteiger partial charge is 0.191 e. The summed E-state index contributed by atoms with van der Waals surface area (Å²) >= 11 is 1.81. The molecule has 0 aromatic carbocycles. The minimum Gasteiger partial charge on any atom is -0.373 e. The number of nitrogens with one attached hydrogen (secondary N) is 2. The molecule has 3 atom stereocenters. The lowest BCUT2D eigenvalue weighted by atomic mass is 10.00. The van der Waals surface area contributed by atoms with Crippen molar-refractivity contribution in [2.45, 2.75) is 58.3 Å². The largest absolute Gasteiger partial charge is 0.373 e. The number of aliphatic imine (C=N–C) groups is 1. The van der Waals surface area contributed by atoms with Crippen molar-refractivity contribution < 1.29 is 4.74 Å². The lowest BCUT2D eigenvalue weighted by molar-refractivity contribution is -0.0946. The lowest BCUT2D eigenvalue weighted by Crippen LogP contribution is -2.59. The van der Waals surface area contributed by atoms with Gasteiger partial charge in [-0.3, -0.25) is 9.89 Å². The average Bonchev–Trinajstić information content (AvgIpc) is 3.08. The number of guanidine groups is 1. The number of morpholine rings is 1. The van der Waals surface area contributed by atoms with E-state index in [0.29, 0.717) is 5.92 Å². The number of nitrogens with zero attached hydrogens (tertiary/aromatic N) is 2. The second-order valence-electron chi connectivity index (χ2n) is 7.70. The summed E-state index contributed by atoms with van der Waals surface area (Å²) in [5, 5.41) is 9.08. The molecule has 26 heavy (non-hydrogen) atoms. The van der Waals surface area contributed by atoms with Crippen LogP contribution in [0.1, 0.15) is 45.4 Å². The third-order valence-corrected chi connectivity index (χ3v) is 5.90. The average molecular weight is 494 g/mol. The van der Waals surface area contributed by atoms with Gasteiger partial charge in [-0.05, 0) is 39.1 Å². The molecular formula is C19H35IN4OS. The molecule has 0 aliphatic carbocycles. The van der Waals surface area contributed by atoms with Crippen molar-refractivity contribution in [2.75, 3.05) is 33.2 Å². The van der Waals surface area contributed by atoms with Crippen LogP contribution in [0.25, 0.3) is 0 Å². The highest BCUT2D eigenvalue weighted by molar-refractivity contribution is 14.0. The van der Waals surface area contributed by atoms with E-state index in [1.807, 2.05) is 18.4 Å². The molecule has 0 amide bonds. The zero-order valence-electron chi connectivity index (χ0n) is 16.9. The first-order valence-electron chi connectivity index (χ1n) is 9.20. The Kier molecular flexibility index (Phi) is 9.85. The van der Waals surface area contributed by atoms with Crippen LogP contribution in [0.4, 0.5) is 0 Å². The Bertz CT molecular complexity index is 540. The van der Waals surface area contributed by atoms with Crippen molar-refractivity contribution in [1.82, 2.24) is 15.5 Å². The predicted octanol–water partition coefficient (Wildman–Crippen LogP) is 3.52. The van der Waals surface area contributed by atoms with Gasteiger partial charge in [0.25, 0.3) is 0 Å². The van der Waals surface area contributed by atoms with E-state index < -0.39 is 0 Å². The van der Waals surface area contributed by atoms with Gasteiger partial charge in [0.15, 0.2) is 5.96 Å². The first-order valence-corrected chi connectivity index (χ1v) is 10.1. The van der Waals surface area contributed by atoms with Gasteiger partial charge in [-0.1, -0.05) is 13.0 Å². The molecule has 0 spiro atoms. The third kappa shape index (κ3) is 6.98. The minimum atomic E-state index is 0. The van der Waals surface area contributed by atoms with Crippen molar-refractivity contribution in [3.63, 3.8) is 0 Å². The monoisotopic (exact) mass is 494 g/mol. The van der Waals surface area contributed by atoms with Gasteiger partial charge in [0.05, 0.1) is 12.2 Å². The van der Waals surface area contributed by atoms with Crippen molar-refractivity contribution in [3.05, 3.63) is 22.4 Å². The summed E-state index contributed by atoms with van der Waals surface area (Å²) in [6.07, 6.45) is 0.569. The van der Waals surface area contributed by atoms with Gasteiger partial charge in [0.1, 0.15) is 0 Å². The van der Waals surface area contributed by atoms with Gasteiger partial charge in [-0.25, -0.2) is 0 Å². The molecular weight excluding hydrogens is 459 g/mol. The van der Waals surface area contributed by atoms with Crippen LogP contribution in [0.15, 0.2) is 22.5 Å². The van der Waals surface area contributed by atoms with Gasteiger partial charge in [0.2, 0.25) is 0 Å². The van der Waals surface area contributed by atoms with Crippen LogP contribution in [-0.2, 0) is 4.74 Å². The maximum absolute atomic E-state index is 5.86. The molecule has 150 valence electrons. The van der Waals surface area contributed by atoms with E-state index in [1.54, 1.807) is 0 Å². The van der Waals surface area contributed by atoms with Gasteiger partial charge < -0.3 is 15.4 Å². The number of rotatable bonds is 6. The molecule has 2 heterocycles. The Morgan fingerprint density at radius 2 is 2.00 bits per heavy atom. The first kappa shape index (κ1) is 23.7. The molecule has 0 bridgehead atoms. The molecule has 1 saturated heterocycles. The molecule has 0 saturated carbocycles. The minimum absolute atomic E-state index is 0. The fraction of sp³-hybridized carbons (Fsp3) is 0.737. The van der Waals surface area contributed by atoms with Crippen LogP contribution < -0.4 is 10.6 Å². The summed E-state index contributed by atoms with van der Waals surface area (Å²) in [6, 6.07) is 4.30. The standard InChI is InChI=1S/C19H34N4OS.HI/c1-14(17-8-7-9-25-17)10-21-18(20-6)22-13-19(4,5)23-11-15(2)24-16(3)12-23;/h7-9,14-16H,10-13H2,1-6H3,(H2,20,21,22);1H. The molecule has 7 heteroatoms. The maximum Gasteiger partial charge on any atom is 0.191 e. The second kappa shape index (κ2) is 10.8. The summed E-state index contributed by atoms with van der Waals surface area (Å²) in [4.78, 5) is 8.29. The summed E-state index contributed by atoms with van der Waals surface area (Å²) < 4.78 is 5.86. The maximum atomic E-state index is 5.86. The molecule has 1 aliphatic rings. The Hall–Kier alpha value is -0.380. The third-order valence-electron chi connectivity index (χ3n) is 4.79. The molecule has 1 fully saturated rings. The Labute approximate surface area is 180 Å². The fourth-order valence-corrected chi connectivity index (χ4v) is 4.01. The molecule has 2 N–H and O–H groups in total. The van der Waals surface area contributed by atoms with Crippen molar-refractivity contribution in [3.8, 4) is 0 Å². The van der Waals surface area contributed by atoms with Crippen LogP contribution in [0.3, 0.4) is 0 Å². The Morgan fingerprint density at radius 3 is 2.54 bits per heavy atom. The first-order chi connectivity index (χ1) is 11.8.